The van der Waals surface area contributed by atoms with Gasteiger partial charge in [0.15, 0.2) is 0 Å². The van der Waals surface area contributed by atoms with Crippen LogP contribution in [0.2, 0.25) is 0 Å². The SMILES string of the molecule is O=S(=O)(c1cccc(-c2nnc(SCC3CC3(Cl)Cl)o2)c1)N1CCCCC1. The number of nitrogens with zero attached hydrogens (tertiary/aromatic N) is 3. The zero-order valence-electron chi connectivity index (χ0n) is 14.5. The normalized spacial score (nSPS) is 22.7. The van der Waals surface area contributed by atoms with E-state index < -0.39 is 14.4 Å². The third-order valence-electron chi connectivity index (χ3n) is 4.80. The minimum absolute atomic E-state index is 0.221. The van der Waals surface area contributed by atoms with Crippen molar-refractivity contribution in [1.29, 1.82) is 0 Å². The average molecular weight is 448 g/mol. The molecule has 10 heteroatoms. The van der Waals surface area contributed by atoms with Crippen LogP contribution in [0.15, 0.2) is 38.8 Å². The van der Waals surface area contributed by atoms with Gasteiger partial charge in [0.05, 0.1) is 4.90 Å². The Morgan fingerprint density at radius 3 is 2.67 bits per heavy atom. The predicted octanol–water partition coefficient (Wildman–Crippen LogP) is 4.20. The van der Waals surface area contributed by atoms with E-state index in [9.17, 15) is 8.42 Å². The molecule has 1 aromatic heterocycles. The monoisotopic (exact) mass is 447 g/mol. The van der Waals surface area contributed by atoms with Gasteiger partial charge in [0.25, 0.3) is 5.22 Å². The van der Waals surface area contributed by atoms with Gasteiger partial charge in [0.1, 0.15) is 4.33 Å². The summed E-state index contributed by atoms with van der Waals surface area (Å²) in [7, 11) is -3.50. The van der Waals surface area contributed by atoms with E-state index in [0.29, 0.717) is 35.5 Å². The van der Waals surface area contributed by atoms with Crippen LogP contribution in [-0.2, 0) is 10.0 Å². The van der Waals surface area contributed by atoms with E-state index in [1.54, 1.807) is 28.6 Å². The van der Waals surface area contributed by atoms with Gasteiger partial charge in [0.2, 0.25) is 15.9 Å². The maximum Gasteiger partial charge on any atom is 0.276 e. The number of hydrogen-bond donors (Lipinski definition) is 0. The first-order chi connectivity index (χ1) is 12.9. The number of piperidine rings is 1. The number of sulfonamides is 1. The van der Waals surface area contributed by atoms with Gasteiger partial charge < -0.3 is 4.42 Å². The molecule has 0 radical (unpaired) electrons. The lowest BCUT2D eigenvalue weighted by atomic mass is 10.2. The van der Waals surface area contributed by atoms with Crippen molar-refractivity contribution in [2.24, 2.45) is 5.92 Å². The molecule has 2 heterocycles. The molecule has 2 aromatic rings. The lowest BCUT2D eigenvalue weighted by Crippen LogP contribution is -2.35. The minimum atomic E-state index is -3.50. The number of rotatable bonds is 6. The molecule has 1 saturated carbocycles. The van der Waals surface area contributed by atoms with E-state index in [2.05, 4.69) is 10.2 Å². The summed E-state index contributed by atoms with van der Waals surface area (Å²) in [6.45, 7) is 1.13. The largest absolute Gasteiger partial charge is 0.411 e. The second-order valence-electron chi connectivity index (χ2n) is 6.84. The molecule has 146 valence electrons. The molecule has 6 nitrogen and oxygen atoms in total. The fourth-order valence-corrected chi connectivity index (χ4v) is 6.31. The Hall–Kier alpha value is -0.800. The van der Waals surface area contributed by atoms with E-state index >= 15 is 0 Å². The maximum atomic E-state index is 12.9. The molecule has 1 saturated heterocycles. The molecule has 1 aliphatic heterocycles. The maximum absolute atomic E-state index is 12.9. The second kappa shape index (κ2) is 7.55. The summed E-state index contributed by atoms with van der Waals surface area (Å²) in [6, 6.07) is 6.66. The average Bonchev–Trinajstić information content (AvgIpc) is 3.06. The summed E-state index contributed by atoms with van der Waals surface area (Å²) < 4.78 is 32.3. The topological polar surface area (TPSA) is 76.3 Å². The second-order valence-corrected chi connectivity index (χ2v) is 11.3. The van der Waals surface area contributed by atoms with Crippen LogP contribution in [0.4, 0.5) is 0 Å². The van der Waals surface area contributed by atoms with Crippen molar-refractivity contribution in [3.8, 4) is 11.5 Å². The number of halogens is 2. The molecule has 0 N–H and O–H groups in total. The van der Waals surface area contributed by atoms with Crippen molar-refractivity contribution < 1.29 is 12.8 Å². The highest BCUT2D eigenvalue weighted by atomic mass is 35.5. The minimum Gasteiger partial charge on any atom is -0.411 e. The summed E-state index contributed by atoms with van der Waals surface area (Å²) in [5.41, 5.74) is 0.586. The van der Waals surface area contributed by atoms with Crippen molar-refractivity contribution in [2.75, 3.05) is 18.8 Å². The summed E-state index contributed by atoms with van der Waals surface area (Å²) in [6.07, 6.45) is 3.64. The van der Waals surface area contributed by atoms with Crippen LogP contribution >= 0.6 is 35.0 Å². The first-order valence-electron chi connectivity index (χ1n) is 8.81. The van der Waals surface area contributed by atoms with Gasteiger partial charge in [-0.1, -0.05) is 24.2 Å². The fourth-order valence-electron chi connectivity index (χ4n) is 3.05. The van der Waals surface area contributed by atoms with E-state index in [1.165, 1.54) is 11.8 Å². The van der Waals surface area contributed by atoms with Crippen LogP contribution in [-0.4, -0.2) is 46.1 Å². The summed E-state index contributed by atoms with van der Waals surface area (Å²) in [4.78, 5) is 0.251. The number of hydrogen-bond acceptors (Lipinski definition) is 6. The lowest BCUT2D eigenvalue weighted by Gasteiger charge is -2.25. The van der Waals surface area contributed by atoms with Gasteiger partial charge in [-0.3, -0.25) is 0 Å². The molecule has 0 bridgehead atoms. The van der Waals surface area contributed by atoms with E-state index in [1.807, 2.05) is 0 Å². The number of aromatic nitrogens is 2. The van der Waals surface area contributed by atoms with Crippen molar-refractivity contribution in [3.63, 3.8) is 0 Å². The van der Waals surface area contributed by atoms with Crippen molar-refractivity contribution in [3.05, 3.63) is 24.3 Å². The van der Waals surface area contributed by atoms with Crippen molar-refractivity contribution >= 4 is 45.0 Å². The van der Waals surface area contributed by atoms with Crippen molar-refractivity contribution in [1.82, 2.24) is 14.5 Å². The summed E-state index contributed by atoms with van der Waals surface area (Å²) in [5, 5.41) is 8.49. The van der Waals surface area contributed by atoms with Gasteiger partial charge in [-0.05, 0) is 37.5 Å². The highest BCUT2D eigenvalue weighted by Crippen LogP contribution is 2.54. The molecule has 2 aliphatic rings. The van der Waals surface area contributed by atoms with Gasteiger partial charge in [-0.25, -0.2) is 8.42 Å². The predicted molar refractivity (Wildman–Crippen MR) is 106 cm³/mol. The Kier molecular flexibility index (Phi) is 5.46. The van der Waals surface area contributed by atoms with Crippen LogP contribution < -0.4 is 0 Å². The Bertz CT molecular complexity index is 927. The van der Waals surface area contributed by atoms with Gasteiger partial charge in [0, 0.05) is 30.3 Å². The van der Waals surface area contributed by atoms with Crippen molar-refractivity contribution in [2.45, 2.75) is 40.1 Å². The van der Waals surface area contributed by atoms with Crippen LogP contribution in [0.5, 0.6) is 0 Å². The van der Waals surface area contributed by atoms with Crippen LogP contribution in [0.1, 0.15) is 25.7 Å². The Labute approximate surface area is 172 Å². The molecule has 0 spiro atoms. The van der Waals surface area contributed by atoms with Gasteiger partial charge in [-0.15, -0.1) is 33.4 Å². The van der Waals surface area contributed by atoms with Crippen LogP contribution in [0.25, 0.3) is 11.5 Å². The third-order valence-corrected chi connectivity index (χ3v) is 8.61. The summed E-state index contributed by atoms with van der Waals surface area (Å²) >= 11 is 13.5. The molecular weight excluding hydrogens is 429 g/mol. The van der Waals surface area contributed by atoms with E-state index in [0.717, 1.165) is 25.7 Å². The zero-order valence-corrected chi connectivity index (χ0v) is 17.6. The first kappa shape index (κ1) is 19.5. The highest BCUT2D eigenvalue weighted by molar-refractivity contribution is 7.99. The quantitative estimate of drug-likeness (QED) is 0.487. The van der Waals surface area contributed by atoms with Gasteiger partial charge in [-0.2, -0.15) is 4.31 Å². The molecule has 1 aliphatic carbocycles. The van der Waals surface area contributed by atoms with Crippen LogP contribution in [0, 0.1) is 5.92 Å². The van der Waals surface area contributed by atoms with E-state index in [-0.39, 0.29) is 10.8 Å². The Morgan fingerprint density at radius 2 is 1.96 bits per heavy atom. The number of alkyl halides is 2. The smallest absolute Gasteiger partial charge is 0.276 e. The lowest BCUT2D eigenvalue weighted by molar-refractivity contribution is 0.346. The van der Waals surface area contributed by atoms with E-state index in [4.69, 9.17) is 27.6 Å². The zero-order chi connectivity index (χ0) is 19.1. The van der Waals surface area contributed by atoms with Crippen LogP contribution in [0.3, 0.4) is 0 Å². The highest BCUT2D eigenvalue weighted by Gasteiger charge is 2.51. The molecule has 4 rings (SSSR count). The molecule has 0 amide bonds. The van der Waals surface area contributed by atoms with Gasteiger partial charge >= 0.3 is 0 Å². The Balaban J connectivity index is 1.49. The first-order valence-corrected chi connectivity index (χ1v) is 12.0. The fraction of sp³-hybridized carbons (Fsp3) is 0.529. The molecule has 1 atom stereocenters. The number of thioether (sulfide) groups is 1. The number of benzene rings is 1. The molecule has 27 heavy (non-hydrogen) atoms. The molecule has 1 aromatic carbocycles. The molecule has 1 unspecified atom stereocenters. The summed E-state index contributed by atoms with van der Waals surface area (Å²) in [5.74, 6) is 1.23. The standard InChI is InChI=1S/C17H19Cl2N3O3S2/c18-17(19)10-13(17)11-26-16-21-20-15(25-16)12-5-4-6-14(9-12)27(23,24)22-7-2-1-3-8-22/h4-6,9,13H,1-3,7-8,10-11H2. The molecule has 2 fully saturated rings. The Morgan fingerprint density at radius 1 is 1.22 bits per heavy atom. The molecular formula is C17H19Cl2N3O3S2. The third kappa shape index (κ3) is 4.29.